The molecule has 1 aromatic carbocycles. The van der Waals surface area contributed by atoms with Gasteiger partial charge in [0.25, 0.3) is 0 Å². The van der Waals surface area contributed by atoms with Crippen LogP contribution < -0.4 is 10.6 Å². The van der Waals surface area contributed by atoms with Gasteiger partial charge in [-0.3, -0.25) is 4.99 Å². The molecule has 0 aliphatic carbocycles. The summed E-state index contributed by atoms with van der Waals surface area (Å²) in [6.07, 6.45) is 2.07. The Balaban J connectivity index is 1.67. The molecule has 0 fully saturated rings. The Kier molecular flexibility index (Phi) is 9.07. The first kappa shape index (κ1) is 21.2. The summed E-state index contributed by atoms with van der Waals surface area (Å²) in [7, 11) is 5.68. The van der Waals surface area contributed by atoms with Crippen LogP contribution in [0.3, 0.4) is 0 Å². The number of methoxy groups -OCH3 is 1. The van der Waals surface area contributed by atoms with Crippen LogP contribution in [-0.2, 0) is 11.3 Å². The van der Waals surface area contributed by atoms with Crippen molar-refractivity contribution in [1.29, 1.82) is 0 Å². The summed E-state index contributed by atoms with van der Waals surface area (Å²) < 4.78 is 7.37. The highest BCUT2D eigenvalue weighted by atomic mass is 16.5. The van der Waals surface area contributed by atoms with Gasteiger partial charge in [0.2, 0.25) is 0 Å². The summed E-state index contributed by atoms with van der Waals surface area (Å²) in [6.45, 7) is 7.58. The third-order valence-electron chi connectivity index (χ3n) is 4.59. The normalized spacial score (nSPS) is 12.1. The third kappa shape index (κ3) is 6.84. The number of likely N-dealkylation sites (N-methyl/N-ethyl adjacent to an activating group) is 1. The van der Waals surface area contributed by atoms with Crippen molar-refractivity contribution in [2.75, 3.05) is 54.0 Å². The number of hydrogen-bond acceptors (Lipinski definition) is 4. The van der Waals surface area contributed by atoms with Crippen molar-refractivity contribution in [3.05, 3.63) is 30.1 Å². The second kappa shape index (κ2) is 11.6. The summed E-state index contributed by atoms with van der Waals surface area (Å²) in [5.41, 5.74) is 2.27. The molecule has 0 saturated carbocycles. The van der Waals surface area contributed by atoms with Crippen LogP contribution in [0.1, 0.15) is 18.7 Å². The van der Waals surface area contributed by atoms with Gasteiger partial charge in [0, 0.05) is 53.5 Å². The minimum atomic E-state index is 0.812. The molecule has 0 radical (unpaired) electrons. The van der Waals surface area contributed by atoms with Gasteiger partial charge >= 0.3 is 0 Å². The average molecular weight is 375 g/mol. The fraction of sp³-hybridized carbons (Fsp3) is 0.600. The van der Waals surface area contributed by atoms with Gasteiger partial charge in [-0.2, -0.15) is 0 Å². The standard InChI is InChI=1S/C20H34N6O/c1-17-24-18-9-5-6-10-19(18)26(17)14-7-11-22-20(21-2)23-12-15-25(3)13-8-16-27-4/h5-6,9-10H,7-8,11-16H2,1-4H3,(H2,21,22,23). The van der Waals surface area contributed by atoms with Crippen molar-refractivity contribution < 1.29 is 4.74 Å². The number of aryl methyl sites for hydroxylation is 2. The van der Waals surface area contributed by atoms with Gasteiger partial charge in [-0.25, -0.2) is 4.98 Å². The lowest BCUT2D eigenvalue weighted by atomic mass is 10.3. The van der Waals surface area contributed by atoms with E-state index < -0.39 is 0 Å². The Hall–Kier alpha value is -2.12. The molecule has 2 rings (SSSR count). The van der Waals surface area contributed by atoms with E-state index in [1.165, 1.54) is 5.52 Å². The highest BCUT2D eigenvalue weighted by Crippen LogP contribution is 2.15. The van der Waals surface area contributed by atoms with Gasteiger partial charge in [0.1, 0.15) is 5.82 Å². The fourth-order valence-corrected chi connectivity index (χ4v) is 3.10. The van der Waals surface area contributed by atoms with Crippen molar-refractivity contribution in [2.45, 2.75) is 26.3 Å². The van der Waals surface area contributed by atoms with Crippen molar-refractivity contribution in [3.63, 3.8) is 0 Å². The molecule has 0 aliphatic heterocycles. The monoisotopic (exact) mass is 374 g/mol. The van der Waals surface area contributed by atoms with Crippen LogP contribution in [-0.4, -0.2) is 74.4 Å². The highest BCUT2D eigenvalue weighted by molar-refractivity contribution is 5.79. The molecule has 7 nitrogen and oxygen atoms in total. The van der Waals surface area contributed by atoms with Crippen LogP contribution in [0.5, 0.6) is 0 Å². The fourth-order valence-electron chi connectivity index (χ4n) is 3.10. The Morgan fingerprint density at radius 3 is 2.74 bits per heavy atom. The van der Waals surface area contributed by atoms with Crippen LogP contribution in [0.25, 0.3) is 11.0 Å². The number of imidazole rings is 1. The van der Waals surface area contributed by atoms with Crippen LogP contribution in [0.15, 0.2) is 29.3 Å². The number of hydrogen-bond donors (Lipinski definition) is 2. The number of para-hydroxylation sites is 2. The van der Waals surface area contributed by atoms with Crippen molar-refractivity contribution >= 4 is 17.0 Å². The Morgan fingerprint density at radius 1 is 1.19 bits per heavy atom. The van der Waals surface area contributed by atoms with Crippen LogP contribution >= 0.6 is 0 Å². The Labute approximate surface area is 162 Å². The molecular weight excluding hydrogens is 340 g/mol. The number of aliphatic imine (C=N–C) groups is 1. The molecule has 2 aromatic rings. The number of guanidine groups is 1. The zero-order valence-corrected chi connectivity index (χ0v) is 17.2. The number of fused-ring (bicyclic) bond motifs is 1. The topological polar surface area (TPSA) is 66.7 Å². The maximum absolute atomic E-state index is 5.09. The first-order chi connectivity index (χ1) is 13.2. The molecular formula is C20H34N6O. The first-order valence-corrected chi connectivity index (χ1v) is 9.69. The molecule has 0 atom stereocenters. The molecule has 2 N–H and O–H groups in total. The maximum Gasteiger partial charge on any atom is 0.191 e. The number of rotatable bonds is 11. The molecule has 1 heterocycles. The van der Waals surface area contributed by atoms with E-state index in [0.717, 1.165) is 69.5 Å². The summed E-state index contributed by atoms with van der Waals surface area (Å²) in [5, 5.41) is 6.76. The van der Waals surface area contributed by atoms with Gasteiger partial charge in [-0.1, -0.05) is 12.1 Å². The van der Waals surface area contributed by atoms with Crippen molar-refractivity contribution in [2.24, 2.45) is 4.99 Å². The Morgan fingerprint density at radius 2 is 1.96 bits per heavy atom. The summed E-state index contributed by atoms with van der Waals surface area (Å²) >= 11 is 0. The Bertz CT molecular complexity index is 712. The molecule has 1 aromatic heterocycles. The summed E-state index contributed by atoms with van der Waals surface area (Å²) in [6, 6.07) is 8.29. The molecule has 150 valence electrons. The molecule has 0 saturated heterocycles. The van der Waals surface area contributed by atoms with E-state index in [4.69, 9.17) is 4.74 Å². The van der Waals surface area contributed by atoms with E-state index >= 15 is 0 Å². The van der Waals surface area contributed by atoms with Gasteiger partial charge in [-0.15, -0.1) is 0 Å². The van der Waals surface area contributed by atoms with E-state index in [1.54, 1.807) is 7.11 Å². The predicted molar refractivity (Wildman–Crippen MR) is 112 cm³/mol. The lowest BCUT2D eigenvalue weighted by Gasteiger charge is -2.18. The van der Waals surface area contributed by atoms with Crippen molar-refractivity contribution in [3.8, 4) is 0 Å². The SMILES string of the molecule is CN=C(NCCCn1c(C)nc2ccccc21)NCCN(C)CCCOC. The van der Waals surface area contributed by atoms with Crippen LogP contribution in [0.4, 0.5) is 0 Å². The van der Waals surface area contributed by atoms with Crippen molar-refractivity contribution in [1.82, 2.24) is 25.1 Å². The van der Waals surface area contributed by atoms with Gasteiger partial charge < -0.3 is 24.8 Å². The van der Waals surface area contributed by atoms with E-state index in [0.29, 0.717) is 0 Å². The molecule has 0 unspecified atom stereocenters. The second-order valence-corrected chi connectivity index (χ2v) is 6.73. The number of ether oxygens (including phenoxy) is 1. The molecule has 27 heavy (non-hydrogen) atoms. The lowest BCUT2D eigenvalue weighted by Crippen LogP contribution is -2.41. The highest BCUT2D eigenvalue weighted by Gasteiger charge is 2.06. The predicted octanol–water partition coefficient (Wildman–Crippen LogP) is 1.87. The minimum absolute atomic E-state index is 0.812. The quantitative estimate of drug-likeness (QED) is 0.357. The van der Waals surface area contributed by atoms with E-state index in [-0.39, 0.29) is 0 Å². The molecule has 0 amide bonds. The largest absolute Gasteiger partial charge is 0.385 e. The third-order valence-corrected chi connectivity index (χ3v) is 4.59. The number of benzene rings is 1. The summed E-state index contributed by atoms with van der Waals surface area (Å²) in [4.78, 5) is 11.2. The smallest absolute Gasteiger partial charge is 0.191 e. The molecule has 0 bridgehead atoms. The minimum Gasteiger partial charge on any atom is -0.385 e. The van der Waals surface area contributed by atoms with Gasteiger partial charge in [-0.05, 0) is 38.9 Å². The lowest BCUT2D eigenvalue weighted by molar-refractivity contribution is 0.180. The summed E-state index contributed by atoms with van der Waals surface area (Å²) in [5.74, 6) is 1.92. The maximum atomic E-state index is 5.09. The zero-order valence-electron chi connectivity index (χ0n) is 17.2. The van der Waals surface area contributed by atoms with E-state index in [1.807, 2.05) is 13.1 Å². The average Bonchev–Trinajstić information content (AvgIpc) is 2.99. The molecule has 0 spiro atoms. The molecule has 0 aliphatic rings. The van der Waals surface area contributed by atoms with Crippen LogP contribution in [0, 0.1) is 6.92 Å². The first-order valence-electron chi connectivity index (χ1n) is 9.69. The van der Waals surface area contributed by atoms with E-state index in [9.17, 15) is 0 Å². The number of nitrogens with zero attached hydrogens (tertiary/aromatic N) is 4. The number of aromatic nitrogens is 2. The molecule has 7 heteroatoms. The zero-order chi connectivity index (χ0) is 19.5. The van der Waals surface area contributed by atoms with Gasteiger partial charge in [0.05, 0.1) is 11.0 Å². The second-order valence-electron chi connectivity index (χ2n) is 6.73. The van der Waals surface area contributed by atoms with E-state index in [2.05, 4.69) is 62.2 Å². The number of nitrogens with one attached hydrogen (secondary N) is 2. The van der Waals surface area contributed by atoms with Gasteiger partial charge in [0.15, 0.2) is 5.96 Å². The van der Waals surface area contributed by atoms with Crippen LogP contribution in [0.2, 0.25) is 0 Å².